The summed E-state index contributed by atoms with van der Waals surface area (Å²) >= 11 is 4.82. The second-order valence-electron chi connectivity index (χ2n) is 6.11. The Morgan fingerprint density at radius 2 is 2.08 bits per heavy atom. The van der Waals surface area contributed by atoms with Crippen LogP contribution in [0, 0.1) is 11.3 Å². The lowest BCUT2D eigenvalue weighted by atomic mass is 10.1. The fraction of sp³-hybridized carbons (Fsp3) is 0.316. The average molecular weight is 416 g/mol. The maximum atomic E-state index is 12.8. The largest absolute Gasteiger partial charge is 0.345 e. The first-order valence-electron chi connectivity index (χ1n) is 8.08. The van der Waals surface area contributed by atoms with E-state index in [1.807, 2.05) is 37.4 Å². The number of benzene rings is 1. The summed E-state index contributed by atoms with van der Waals surface area (Å²) in [6, 6.07) is 11.6. The number of halogens is 1. The van der Waals surface area contributed by atoms with E-state index < -0.39 is 0 Å². The average Bonchev–Trinajstić information content (AvgIpc) is 3.46. The quantitative estimate of drug-likeness (QED) is 0.711. The molecule has 1 aromatic heterocycles. The Hall–Kier alpha value is -1.84. The Labute approximate surface area is 160 Å². The van der Waals surface area contributed by atoms with Gasteiger partial charge in [-0.2, -0.15) is 5.26 Å². The highest BCUT2D eigenvalue weighted by Gasteiger charge is 2.28. The first-order valence-corrected chi connectivity index (χ1v) is 10.1. The van der Waals surface area contributed by atoms with Gasteiger partial charge in [-0.25, -0.2) is 4.98 Å². The van der Waals surface area contributed by atoms with Crippen molar-refractivity contribution in [2.45, 2.75) is 36.8 Å². The summed E-state index contributed by atoms with van der Waals surface area (Å²) in [6.07, 6.45) is 4.08. The molecule has 25 heavy (non-hydrogen) atoms. The molecule has 1 fully saturated rings. The lowest BCUT2D eigenvalue weighted by Crippen LogP contribution is -2.27. The number of nitrogens with zero attached hydrogens (tertiary/aromatic N) is 2. The highest BCUT2D eigenvalue weighted by atomic mass is 79.9. The summed E-state index contributed by atoms with van der Waals surface area (Å²) in [5.74, 6) is 0.195. The van der Waals surface area contributed by atoms with Crippen molar-refractivity contribution in [3.05, 3.63) is 57.2 Å². The molecule has 6 heteroatoms. The van der Waals surface area contributed by atoms with Crippen LogP contribution in [0.4, 0.5) is 0 Å². The molecule has 0 bridgehead atoms. The molecule has 1 N–H and O–H groups in total. The molecule has 0 radical (unpaired) electrons. The summed E-state index contributed by atoms with van der Waals surface area (Å²) in [5, 5.41) is 13.2. The molecule has 1 amide bonds. The van der Waals surface area contributed by atoms with Crippen LogP contribution in [-0.4, -0.2) is 17.1 Å². The van der Waals surface area contributed by atoms with E-state index in [1.165, 1.54) is 11.8 Å². The maximum Gasteiger partial charge on any atom is 0.253 e. The molecule has 1 heterocycles. The standard InChI is InChI=1S/C19H18BrN3OS/c1-11(12-5-7-14(20)8-6-12)22-18(24)15-9-17(13-3-4-13)23-19(25-2)16(15)10-21/h5-9,11,13H,3-4H2,1-2H3,(H,22,24). The van der Waals surface area contributed by atoms with Crippen LogP contribution in [0.15, 0.2) is 39.8 Å². The van der Waals surface area contributed by atoms with Crippen LogP contribution >= 0.6 is 27.7 Å². The fourth-order valence-corrected chi connectivity index (χ4v) is 3.49. The van der Waals surface area contributed by atoms with Gasteiger partial charge in [-0.05, 0) is 49.8 Å². The van der Waals surface area contributed by atoms with E-state index >= 15 is 0 Å². The van der Waals surface area contributed by atoms with E-state index in [1.54, 1.807) is 6.07 Å². The number of nitrogens with one attached hydrogen (secondary N) is 1. The third-order valence-electron chi connectivity index (χ3n) is 4.27. The minimum atomic E-state index is -0.230. The molecular weight excluding hydrogens is 398 g/mol. The third-order valence-corrected chi connectivity index (χ3v) is 5.48. The van der Waals surface area contributed by atoms with Gasteiger partial charge in [-0.1, -0.05) is 28.1 Å². The second-order valence-corrected chi connectivity index (χ2v) is 7.82. The van der Waals surface area contributed by atoms with Gasteiger partial charge in [0.2, 0.25) is 0 Å². The van der Waals surface area contributed by atoms with Crippen molar-refractivity contribution in [1.29, 1.82) is 5.26 Å². The number of nitriles is 1. The summed E-state index contributed by atoms with van der Waals surface area (Å²) in [6.45, 7) is 1.94. The summed E-state index contributed by atoms with van der Waals surface area (Å²) < 4.78 is 0.995. The number of amides is 1. The molecule has 0 spiro atoms. The van der Waals surface area contributed by atoms with Crippen LogP contribution in [0.5, 0.6) is 0 Å². The Balaban J connectivity index is 1.89. The highest BCUT2D eigenvalue weighted by Crippen LogP contribution is 2.40. The van der Waals surface area contributed by atoms with Crippen LogP contribution in [-0.2, 0) is 0 Å². The van der Waals surface area contributed by atoms with E-state index in [-0.39, 0.29) is 11.9 Å². The molecule has 1 atom stereocenters. The molecule has 1 aliphatic rings. The first kappa shape index (κ1) is 18.0. The minimum absolute atomic E-state index is 0.151. The van der Waals surface area contributed by atoms with Gasteiger partial charge in [-0.3, -0.25) is 4.79 Å². The number of pyridine rings is 1. The lowest BCUT2D eigenvalue weighted by Gasteiger charge is -2.16. The molecule has 0 aliphatic heterocycles. The summed E-state index contributed by atoms with van der Waals surface area (Å²) in [5.41, 5.74) is 2.71. The van der Waals surface area contributed by atoms with Gasteiger partial charge >= 0.3 is 0 Å². The van der Waals surface area contributed by atoms with E-state index in [0.717, 1.165) is 28.6 Å². The topological polar surface area (TPSA) is 65.8 Å². The Bertz CT molecular complexity index is 841. The Kier molecular flexibility index (Phi) is 5.45. The Morgan fingerprint density at radius 3 is 2.64 bits per heavy atom. The van der Waals surface area contributed by atoms with Crippen molar-refractivity contribution in [1.82, 2.24) is 10.3 Å². The van der Waals surface area contributed by atoms with Crippen molar-refractivity contribution < 1.29 is 4.79 Å². The number of aromatic nitrogens is 1. The molecule has 3 rings (SSSR count). The van der Waals surface area contributed by atoms with Gasteiger partial charge < -0.3 is 5.32 Å². The SMILES string of the molecule is CSc1nc(C2CC2)cc(C(=O)NC(C)c2ccc(Br)cc2)c1C#N. The fourth-order valence-electron chi connectivity index (χ4n) is 2.67. The van der Waals surface area contributed by atoms with Gasteiger partial charge in [-0.15, -0.1) is 11.8 Å². The monoisotopic (exact) mass is 415 g/mol. The molecule has 0 saturated heterocycles. The Morgan fingerprint density at radius 1 is 1.40 bits per heavy atom. The van der Waals surface area contributed by atoms with Crippen LogP contribution < -0.4 is 5.32 Å². The molecule has 1 unspecified atom stereocenters. The summed E-state index contributed by atoms with van der Waals surface area (Å²) in [7, 11) is 0. The minimum Gasteiger partial charge on any atom is -0.345 e. The zero-order chi connectivity index (χ0) is 18.0. The molecule has 1 aliphatic carbocycles. The van der Waals surface area contributed by atoms with Crippen molar-refractivity contribution >= 4 is 33.6 Å². The second kappa shape index (κ2) is 7.59. The third kappa shape index (κ3) is 4.05. The normalized spacial score (nSPS) is 14.6. The van der Waals surface area contributed by atoms with Crippen molar-refractivity contribution in [2.24, 2.45) is 0 Å². The zero-order valence-corrected chi connectivity index (χ0v) is 16.4. The molecule has 1 saturated carbocycles. The van der Waals surface area contributed by atoms with Crippen molar-refractivity contribution in [3.63, 3.8) is 0 Å². The number of carbonyl (C=O) groups is 1. The van der Waals surface area contributed by atoms with Gasteiger partial charge in [0, 0.05) is 16.1 Å². The van der Waals surface area contributed by atoms with Crippen LogP contribution in [0.1, 0.15) is 58.9 Å². The van der Waals surface area contributed by atoms with Crippen LogP contribution in [0.3, 0.4) is 0 Å². The number of rotatable bonds is 5. The van der Waals surface area contributed by atoms with Crippen molar-refractivity contribution in [3.8, 4) is 6.07 Å². The van der Waals surface area contributed by atoms with E-state index in [9.17, 15) is 10.1 Å². The van der Waals surface area contributed by atoms with Crippen molar-refractivity contribution in [2.75, 3.05) is 6.26 Å². The molecule has 128 valence electrons. The number of hydrogen-bond acceptors (Lipinski definition) is 4. The summed E-state index contributed by atoms with van der Waals surface area (Å²) in [4.78, 5) is 17.4. The molecular formula is C19H18BrN3OS. The zero-order valence-electron chi connectivity index (χ0n) is 14.0. The van der Waals surface area contributed by atoms with Gasteiger partial charge in [0.25, 0.3) is 5.91 Å². The van der Waals surface area contributed by atoms with E-state index in [0.29, 0.717) is 22.1 Å². The molecule has 2 aromatic rings. The molecule has 1 aromatic carbocycles. The van der Waals surface area contributed by atoms with E-state index in [2.05, 4.69) is 32.3 Å². The number of carbonyl (C=O) groups excluding carboxylic acids is 1. The predicted octanol–water partition coefficient (Wildman–Crippen LogP) is 4.81. The smallest absolute Gasteiger partial charge is 0.253 e. The van der Waals surface area contributed by atoms with Crippen LogP contribution in [0.2, 0.25) is 0 Å². The molecule has 4 nitrogen and oxygen atoms in total. The van der Waals surface area contributed by atoms with E-state index in [4.69, 9.17) is 0 Å². The van der Waals surface area contributed by atoms with Crippen LogP contribution in [0.25, 0.3) is 0 Å². The van der Waals surface area contributed by atoms with Gasteiger partial charge in [0.05, 0.1) is 17.2 Å². The number of thioether (sulfide) groups is 1. The van der Waals surface area contributed by atoms with Gasteiger partial charge in [0.1, 0.15) is 11.1 Å². The first-order chi connectivity index (χ1) is 12.0. The predicted molar refractivity (Wildman–Crippen MR) is 103 cm³/mol. The maximum absolute atomic E-state index is 12.8. The van der Waals surface area contributed by atoms with Gasteiger partial charge in [0.15, 0.2) is 0 Å². The highest BCUT2D eigenvalue weighted by molar-refractivity contribution is 9.10. The number of hydrogen-bond donors (Lipinski definition) is 1. The lowest BCUT2D eigenvalue weighted by molar-refractivity contribution is 0.0939.